The summed E-state index contributed by atoms with van der Waals surface area (Å²) in [6, 6.07) is 11.1. The molecule has 1 unspecified atom stereocenters. The Kier molecular flexibility index (Phi) is 6.53. The maximum atomic E-state index is 13.2. The average molecular weight is 485 g/mol. The first kappa shape index (κ1) is 23.2. The first-order chi connectivity index (χ1) is 16.4. The Morgan fingerprint density at radius 2 is 1.68 bits per heavy atom. The molecule has 5 rings (SSSR count). The highest BCUT2D eigenvalue weighted by molar-refractivity contribution is 7.89. The van der Waals surface area contributed by atoms with E-state index in [9.17, 15) is 13.2 Å². The summed E-state index contributed by atoms with van der Waals surface area (Å²) >= 11 is 0. The van der Waals surface area contributed by atoms with E-state index in [4.69, 9.17) is 9.47 Å². The summed E-state index contributed by atoms with van der Waals surface area (Å²) in [7, 11) is -3.54. The number of sulfonamides is 1. The van der Waals surface area contributed by atoms with Gasteiger partial charge in [-0.3, -0.25) is 4.79 Å². The highest BCUT2D eigenvalue weighted by Crippen LogP contribution is 2.33. The van der Waals surface area contributed by atoms with E-state index in [1.54, 1.807) is 6.07 Å². The molecule has 8 heteroatoms. The molecule has 2 aromatic rings. The molecule has 34 heavy (non-hydrogen) atoms. The van der Waals surface area contributed by atoms with Crippen LogP contribution in [0, 0.1) is 5.92 Å². The van der Waals surface area contributed by atoms with E-state index in [0.717, 1.165) is 36.1 Å². The van der Waals surface area contributed by atoms with Gasteiger partial charge in [-0.1, -0.05) is 12.1 Å². The monoisotopic (exact) mass is 484 g/mol. The molecule has 2 aliphatic heterocycles. The topological polar surface area (TPSA) is 84.9 Å². The molecule has 0 aromatic heterocycles. The lowest BCUT2D eigenvalue weighted by molar-refractivity contribution is -0.126. The zero-order valence-electron chi connectivity index (χ0n) is 19.6. The van der Waals surface area contributed by atoms with Crippen molar-refractivity contribution in [3.05, 3.63) is 53.1 Å². The Bertz CT molecular complexity index is 1170. The van der Waals surface area contributed by atoms with Gasteiger partial charge in [0.2, 0.25) is 15.9 Å². The van der Waals surface area contributed by atoms with Crippen LogP contribution in [0.3, 0.4) is 0 Å². The third-order valence-electron chi connectivity index (χ3n) is 7.21. The Balaban J connectivity index is 1.19. The summed E-state index contributed by atoms with van der Waals surface area (Å²) in [4.78, 5) is 13.3. The summed E-state index contributed by atoms with van der Waals surface area (Å²) < 4.78 is 39.2. The zero-order chi connectivity index (χ0) is 23.7. The van der Waals surface area contributed by atoms with Crippen molar-refractivity contribution in [2.75, 3.05) is 26.3 Å². The first-order valence-electron chi connectivity index (χ1n) is 12.2. The number of rotatable bonds is 5. The van der Waals surface area contributed by atoms with Gasteiger partial charge in [-0.2, -0.15) is 4.31 Å². The van der Waals surface area contributed by atoms with Gasteiger partial charge in [0.1, 0.15) is 13.2 Å². The number of carbonyl (C=O) groups excluding carboxylic acids is 1. The molecular weight excluding hydrogens is 452 g/mol. The van der Waals surface area contributed by atoms with Crippen LogP contribution in [0.25, 0.3) is 0 Å². The van der Waals surface area contributed by atoms with Crippen LogP contribution in [0.1, 0.15) is 55.3 Å². The second-order valence-electron chi connectivity index (χ2n) is 9.45. The third kappa shape index (κ3) is 4.66. The summed E-state index contributed by atoms with van der Waals surface area (Å²) in [5, 5.41) is 3.09. The van der Waals surface area contributed by atoms with Gasteiger partial charge >= 0.3 is 0 Å². The molecule has 182 valence electrons. The molecule has 1 saturated heterocycles. The van der Waals surface area contributed by atoms with Crippen LogP contribution in [-0.4, -0.2) is 44.9 Å². The second kappa shape index (κ2) is 9.58. The van der Waals surface area contributed by atoms with E-state index in [1.165, 1.54) is 16.3 Å². The Labute approximate surface area is 201 Å². The minimum atomic E-state index is -3.54. The molecule has 3 aliphatic rings. The van der Waals surface area contributed by atoms with E-state index in [0.29, 0.717) is 49.8 Å². The van der Waals surface area contributed by atoms with E-state index in [2.05, 4.69) is 5.32 Å². The number of nitrogens with one attached hydrogen (secondary N) is 1. The fourth-order valence-corrected chi connectivity index (χ4v) is 6.64. The van der Waals surface area contributed by atoms with Gasteiger partial charge < -0.3 is 14.8 Å². The van der Waals surface area contributed by atoms with Crippen molar-refractivity contribution in [3.8, 4) is 11.5 Å². The van der Waals surface area contributed by atoms with Crippen molar-refractivity contribution in [1.29, 1.82) is 0 Å². The summed E-state index contributed by atoms with van der Waals surface area (Å²) in [6.45, 7) is 3.72. The summed E-state index contributed by atoms with van der Waals surface area (Å²) in [5.41, 5.74) is 3.38. The molecule has 2 heterocycles. The molecule has 0 spiro atoms. The van der Waals surface area contributed by atoms with Gasteiger partial charge in [0.15, 0.2) is 11.5 Å². The highest BCUT2D eigenvalue weighted by atomic mass is 32.2. The predicted molar refractivity (Wildman–Crippen MR) is 129 cm³/mol. The Morgan fingerprint density at radius 1 is 0.971 bits per heavy atom. The standard InChI is InChI=1S/C26H32N2O5S/c1-18(21-7-9-24-25(17-21)33-15-14-32-24)27-26(29)20-10-12-28(13-11-20)34(30,31)23-8-6-19-4-2-3-5-22(19)16-23/h6-9,16-18,20H,2-5,10-15H2,1H3,(H,27,29). The van der Waals surface area contributed by atoms with Crippen molar-refractivity contribution in [2.24, 2.45) is 5.92 Å². The normalized spacial score (nSPS) is 19.8. The Hall–Kier alpha value is -2.58. The number of ether oxygens (including phenoxy) is 2. The van der Waals surface area contributed by atoms with Gasteiger partial charge in [0, 0.05) is 19.0 Å². The largest absolute Gasteiger partial charge is 0.486 e. The van der Waals surface area contributed by atoms with Crippen molar-refractivity contribution in [2.45, 2.75) is 56.4 Å². The fraction of sp³-hybridized carbons (Fsp3) is 0.500. The molecule has 0 radical (unpaired) electrons. The van der Waals surface area contributed by atoms with Crippen LogP contribution in [0.4, 0.5) is 0 Å². The van der Waals surface area contributed by atoms with Crippen molar-refractivity contribution >= 4 is 15.9 Å². The molecule has 1 N–H and O–H groups in total. The van der Waals surface area contributed by atoms with E-state index in [-0.39, 0.29) is 17.9 Å². The van der Waals surface area contributed by atoms with E-state index >= 15 is 0 Å². The van der Waals surface area contributed by atoms with Gasteiger partial charge in [-0.05, 0) is 86.4 Å². The highest BCUT2D eigenvalue weighted by Gasteiger charge is 2.33. The van der Waals surface area contributed by atoms with Crippen LogP contribution in [0.2, 0.25) is 0 Å². The molecule has 1 amide bonds. The van der Waals surface area contributed by atoms with Crippen molar-refractivity contribution in [3.63, 3.8) is 0 Å². The molecular formula is C26H32N2O5S. The van der Waals surface area contributed by atoms with Gasteiger partial charge in [-0.15, -0.1) is 0 Å². The van der Waals surface area contributed by atoms with Gasteiger partial charge in [0.05, 0.1) is 10.9 Å². The van der Waals surface area contributed by atoms with Gasteiger partial charge in [-0.25, -0.2) is 8.42 Å². The van der Waals surface area contributed by atoms with Crippen molar-refractivity contribution in [1.82, 2.24) is 9.62 Å². The predicted octanol–water partition coefficient (Wildman–Crippen LogP) is 3.61. The SMILES string of the molecule is CC(NC(=O)C1CCN(S(=O)(=O)c2ccc3c(c2)CCCC3)CC1)c1ccc2c(c1)OCCO2. The number of fused-ring (bicyclic) bond motifs is 2. The molecule has 1 fully saturated rings. The number of hydrogen-bond acceptors (Lipinski definition) is 5. The third-order valence-corrected chi connectivity index (χ3v) is 9.10. The summed E-state index contributed by atoms with van der Waals surface area (Å²) in [5.74, 6) is 1.19. The molecule has 0 saturated carbocycles. The smallest absolute Gasteiger partial charge is 0.243 e. The minimum absolute atomic E-state index is 0.0341. The van der Waals surface area contributed by atoms with Crippen LogP contribution in [0.15, 0.2) is 41.3 Å². The van der Waals surface area contributed by atoms with E-state index < -0.39 is 10.0 Å². The van der Waals surface area contributed by atoms with Gasteiger partial charge in [0.25, 0.3) is 0 Å². The first-order valence-corrected chi connectivity index (χ1v) is 13.7. The lowest BCUT2D eigenvalue weighted by Gasteiger charge is -2.31. The number of aryl methyl sites for hydroxylation is 2. The molecule has 7 nitrogen and oxygen atoms in total. The second-order valence-corrected chi connectivity index (χ2v) is 11.4. The number of hydrogen-bond donors (Lipinski definition) is 1. The average Bonchev–Trinajstić information content (AvgIpc) is 2.88. The molecule has 2 aromatic carbocycles. The van der Waals surface area contributed by atoms with Crippen LogP contribution in [-0.2, 0) is 27.7 Å². The number of piperidine rings is 1. The zero-order valence-corrected chi connectivity index (χ0v) is 20.4. The Morgan fingerprint density at radius 3 is 2.44 bits per heavy atom. The lowest BCUT2D eigenvalue weighted by Crippen LogP contribution is -2.43. The molecule has 1 aliphatic carbocycles. The van der Waals surface area contributed by atoms with Crippen LogP contribution in [0.5, 0.6) is 11.5 Å². The molecule has 1 atom stereocenters. The number of carbonyl (C=O) groups is 1. The van der Waals surface area contributed by atoms with Crippen LogP contribution >= 0.6 is 0 Å². The number of amides is 1. The van der Waals surface area contributed by atoms with E-state index in [1.807, 2.05) is 37.3 Å². The van der Waals surface area contributed by atoms with Crippen molar-refractivity contribution < 1.29 is 22.7 Å². The number of benzene rings is 2. The maximum Gasteiger partial charge on any atom is 0.243 e. The van der Waals surface area contributed by atoms with Crippen LogP contribution < -0.4 is 14.8 Å². The minimum Gasteiger partial charge on any atom is -0.486 e. The maximum absolute atomic E-state index is 13.2. The quantitative estimate of drug-likeness (QED) is 0.701. The lowest BCUT2D eigenvalue weighted by atomic mass is 9.92. The molecule has 0 bridgehead atoms. The number of nitrogens with zero attached hydrogens (tertiary/aromatic N) is 1. The summed E-state index contributed by atoms with van der Waals surface area (Å²) in [6.07, 6.45) is 5.29. The fourth-order valence-electron chi connectivity index (χ4n) is 5.12.